The first-order chi connectivity index (χ1) is 14.0. The summed E-state index contributed by atoms with van der Waals surface area (Å²) in [6.45, 7) is 5.36. The van der Waals surface area contributed by atoms with E-state index < -0.39 is 0 Å². The predicted octanol–water partition coefficient (Wildman–Crippen LogP) is 2.46. The number of benzene rings is 1. The molecule has 2 heterocycles. The first-order valence-electron chi connectivity index (χ1n) is 10.9. The van der Waals surface area contributed by atoms with Crippen LogP contribution >= 0.6 is 0 Å². The van der Waals surface area contributed by atoms with Crippen LogP contribution in [0.3, 0.4) is 0 Å². The zero-order valence-electron chi connectivity index (χ0n) is 17.7. The predicted molar refractivity (Wildman–Crippen MR) is 112 cm³/mol. The Kier molecular flexibility index (Phi) is 7.29. The molecule has 0 radical (unpaired) electrons. The number of amides is 3. The first-order valence-corrected chi connectivity index (χ1v) is 10.9. The van der Waals surface area contributed by atoms with Gasteiger partial charge in [-0.1, -0.05) is 31.2 Å². The average molecular weight is 400 g/mol. The van der Waals surface area contributed by atoms with Gasteiger partial charge in [-0.15, -0.1) is 0 Å². The van der Waals surface area contributed by atoms with Crippen LogP contribution in [0.5, 0.6) is 0 Å². The lowest BCUT2D eigenvalue weighted by Crippen LogP contribution is -2.46. The second-order valence-corrected chi connectivity index (χ2v) is 8.28. The fraction of sp³-hybridized carbons (Fsp3) is 0.609. The van der Waals surface area contributed by atoms with Crippen molar-refractivity contribution in [2.24, 2.45) is 5.92 Å². The number of carbonyl (C=O) groups excluding carboxylic acids is 3. The Bertz CT molecular complexity index is 731. The summed E-state index contributed by atoms with van der Waals surface area (Å²) in [5, 5.41) is 0. The zero-order chi connectivity index (χ0) is 20.8. The van der Waals surface area contributed by atoms with Crippen molar-refractivity contribution in [2.45, 2.75) is 52.0 Å². The van der Waals surface area contributed by atoms with Gasteiger partial charge in [-0.3, -0.25) is 14.4 Å². The van der Waals surface area contributed by atoms with Gasteiger partial charge in [0.05, 0.1) is 5.92 Å². The van der Waals surface area contributed by atoms with E-state index in [4.69, 9.17) is 0 Å². The normalized spacial score (nSPS) is 19.7. The van der Waals surface area contributed by atoms with E-state index >= 15 is 0 Å². The molecule has 6 nitrogen and oxygen atoms in total. The van der Waals surface area contributed by atoms with Crippen LogP contribution in [0.15, 0.2) is 24.3 Å². The highest BCUT2D eigenvalue weighted by Gasteiger charge is 2.31. The summed E-state index contributed by atoms with van der Waals surface area (Å²) in [7, 11) is 1.84. The Morgan fingerprint density at radius 1 is 1.03 bits per heavy atom. The smallest absolute Gasteiger partial charge is 0.227 e. The minimum Gasteiger partial charge on any atom is -0.343 e. The lowest BCUT2D eigenvalue weighted by Gasteiger charge is -2.34. The van der Waals surface area contributed by atoms with Gasteiger partial charge in [0.15, 0.2) is 0 Å². The Morgan fingerprint density at radius 3 is 2.34 bits per heavy atom. The maximum atomic E-state index is 12.9. The van der Waals surface area contributed by atoms with Crippen LogP contribution in [0, 0.1) is 5.92 Å². The summed E-state index contributed by atoms with van der Waals surface area (Å²) in [5.74, 6) is 0.314. The molecule has 2 aliphatic rings. The lowest BCUT2D eigenvalue weighted by molar-refractivity contribution is -0.142. The molecule has 2 saturated heterocycles. The minimum absolute atomic E-state index is 0.108. The van der Waals surface area contributed by atoms with Crippen molar-refractivity contribution in [1.82, 2.24) is 14.7 Å². The highest BCUT2D eigenvalue weighted by atomic mass is 16.2. The van der Waals surface area contributed by atoms with Crippen LogP contribution in [0.4, 0.5) is 0 Å². The molecular weight excluding hydrogens is 366 g/mol. The third kappa shape index (κ3) is 5.58. The van der Waals surface area contributed by atoms with Crippen LogP contribution in [0.1, 0.15) is 50.2 Å². The van der Waals surface area contributed by atoms with Crippen LogP contribution in [-0.2, 0) is 27.3 Å². The van der Waals surface area contributed by atoms with Gasteiger partial charge in [-0.2, -0.15) is 0 Å². The van der Waals surface area contributed by atoms with E-state index in [2.05, 4.69) is 31.2 Å². The molecule has 158 valence electrons. The van der Waals surface area contributed by atoms with E-state index in [1.54, 1.807) is 4.90 Å². The van der Waals surface area contributed by atoms with Gasteiger partial charge in [0.1, 0.15) is 0 Å². The molecular formula is C23H33N3O3. The van der Waals surface area contributed by atoms with Crippen LogP contribution in [0.25, 0.3) is 0 Å². The van der Waals surface area contributed by atoms with Crippen LogP contribution in [-0.4, -0.2) is 65.6 Å². The van der Waals surface area contributed by atoms with E-state index in [0.717, 1.165) is 31.4 Å². The van der Waals surface area contributed by atoms with Crippen molar-refractivity contribution in [3.05, 3.63) is 35.4 Å². The summed E-state index contributed by atoms with van der Waals surface area (Å²) in [6.07, 6.45) is 4.42. The molecule has 0 bridgehead atoms. The number of piperidine rings is 1. The molecule has 29 heavy (non-hydrogen) atoms. The summed E-state index contributed by atoms with van der Waals surface area (Å²) in [6, 6.07) is 8.39. The largest absolute Gasteiger partial charge is 0.343 e. The molecule has 1 aromatic carbocycles. The Hall–Kier alpha value is -2.37. The minimum atomic E-state index is -0.138. The summed E-state index contributed by atoms with van der Waals surface area (Å²) in [5.41, 5.74) is 2.41. The summed E-state index contributed by atoms with van der Waals surface area (Å²) < 4.78 is 0. The van der Waals surface area contributed by atoms with Gasteiger partial charge >= 0.3 is 0 Å². The number of nitrogens with zero attached hydrogens (tertiary/aromatic N) is 3. The number of likely N-dealkylation sites (tertiary alicyclic amines) is 2. The molecule has 0 spiro atoms. The van der Waals surface area contributed by atoms with E-state index in [1.165, 1.54) is 5.56 Å². The third-order valence-corrected chi connectivity index (χ3v) is 6.10. The molecule has 1 aromatic rings. The second kappa shape index (κ2) is 9.90. The molecule has 0 unspecified atom stereocenters. The number of rotatable bonds is 8. The molecule has 1 atom stereocenters. The summed E-state index contributed by atoms with van der Waals surface area (Å²) in [4.78, 5) is 42.4. The molecule has 6 heteroatoms. The molecule has 2 fully saturated rings. The van der Waals surface area contributed by atoms with Crippen molar-refractivity contribution in [2.75, 3.05) is 33.2 Å². The summed E-state index contributed by atoms with van der Waals surface area (Å²) >= 11 is 0. The monoisotopic (exact) mass is 399 g/mol. The molecule has 3 amide bonds. The van der Waals surface area contributed by atoms with E-state index in [9.17, 15) is 14.4 Å². The number of carbonyl (C=O) groups is 3. The van der Waals surface area contributed by atoms with Crippen LogP contribution in [0.2, 0.25) is 0 Å². The standard InChI is InChI=1S/C23H33N3O3/c1-3-18-7-9-19(10-8-18)16-24(2)23(29)20-11-12-22(28)26(17-20)15-5-14-25-13-4-6-21(25)27/h7-10,20H,3-6,11-17H2,1-2H3/t20-/m1/s1. The zero-order valence-corrected chi connectivity index (χ0v) is 17.7. The van der Waals surface area contributed by atoms with E-state index in [1.807, 2.05) is 16.8 Å². The maximum Gasteiger partial charge on any atom is 0.227 e. The first kappa shape index (κ1) is 21.3. The number of hydrogen-bond acceptors (Lipinski definition) is 3. The number of aryl methyl sites for hydroxylation is 1. The Morgan fingerprint density at radius 2 is 1.69 bits per heavy atom. The average Bonchev–Trinajstić information content (AvgIpc) is 3.14. The molecule has 3 rings (SSSR count). The van der Waals surface area contributed by atoms with E-state index in [-0.39, 0.29) is 23.6 Å². The second-order valence-electron chi connectivity index (χ2n) is 8.28. The van der Waals surface area contributed by atoms with Crippen molar-refractivity contribution in [3.8, 4) is 0 Å². The van der Waals surface area contributed by atoms with Gasteiger partial charge in [-0.05, 0) is 36.8 Å². The van der Waals surface area contributed by atoms with Gasteiger partial charge in [0.2, 0.25) is 17.7 Å². The maximum absolute atomic E-state index is 12.9. The van der Waals surface area contributed by atoms with Gasteiger partial charge in [0.25, 0.3) is 0 Å². The number of hydrogen-bond donors (Lipinski definition) is 0. The quantitative estimate of drug-likeness (QED) is 0.675. The molecule has 0 aromatic heterocycles. The Labute approximate surface area is 173 Å². The van der Waals surface area contributed by atoms with Crippen molar-refractivity contribution in [1.29, 1.82) is 0 Å². The lowest BCUT2D eigenvalue weighted by atomic mass is 9.95. The van der Waals surface area contributed by atoms with Crippen LogP contribution < -0.4 is 0 Å². The highest BCUT2D eigenvalue weighted by Crippen LogP contribution is 2.21. The highest BCUT2D eigenvalue weighted by molar-refractivity contribution is 5.83. The van der Waals surface area contributed by atoms with E-state index in [0.29, 0.717) is 45.4 Å². The van der Waals surface area contributed by atoms with Gasteiger partial charge in [-0.25, -0.2) is 0 Å². The fourth-order valence-electron chi connectivity index (χ4n) is 4.27. The van der Waals surface area contributed by atoms with Gasteiger partial charge in [0, 0.05) is 52.6 Å². The van der Waals surface area contributed by atoms with Crippen molar-refractivity contribution in [3.63, 3.8) is 0 Å². The van der Waals surface area contributed by atoms with Crippen molar-refractivity contribution < 1.29 is 14.4 Å². The van der Waals surface area contributed by atoms with Crippen molar-refractivity contribution >= 4 is 17.7 Å². The molecule has 0 saturated carbocycles. The topological polar surface area (TPSA) is 60.9 Å². The molecule has 0 aliphatic carbocycles. The Balaban J connectivity index is 1.49. The fourth-order valence-corrected chi connectivity index (χ4v) is 4.27. The SMILES string of the molecule is CCc1ccc(CN(C)C(=O)[C@@H]2CCC(=O)N(CCCN3CCCC3=O)C2)cc1. The molecule has 2 aliphatic heterocycles. The third-order valence-electron chi connectivity index (χ3n) is 6.10. The molecule has 0 N–H and O–H groups in total. The van der Waals surface area contributed by atoms with Gasteiger partial charge < -0.3 is 14.7 Å².